The van der Waals surface area contributed by atoms with Crippen LogP contribution in [0.15, 0.2) is 11.1 Å². The van der Waals surface area contributed by atoms with E-state index in [0.29, 0.717) is 19.6 Å². The van der Waals surface area contributed by atoms with Gasteiger partial charge in [-0.3, -0.25) is 24.7 Å². The van der Waals surface area contributed by atoms with Gasteiger partial charge in [0.1, 0.15) is 18.7 Å². The number of hydrogen-bond acceptors (Lipinski definition) is 12. The van der Waals surface area contributed by atoms with E-state index >= 15 is 0 Å². The van der Waals surface area contributed by atoms with Crippen LogP contribution in [-0.4, -0.2) is 120 Å². The molecule has 0 aliphatic carbocycles. The summed E-state index contributed by atoms with van der Waals surface area (Å²) in [5.41, 5.74) is -1.52. The van der Waals surface area contributed by atoms with E-state index in [1.54, 1.807) is 34.3 Å². The molecular weight excluding hydrogens is 875 g/mol. The monoisotopic (exact) mass is 927 g/mol. The first-order valence-electron chi connectivity index (χ1n) is 15.6. The standard InChI is InChI=1S/C26H40N7O10.2C2H6.Fm/c1-6-7-42-20(36)14-32(12-18(28-17-34)15-41-11-10-40-9-8-39-5)19(35)13-33-16-27-21-22(33)29-24(30-23(21)37)31-25(38)43-26(2,3)4;2*1-2;/h16,18H,6-15H2,1-5H3,(H,28,34)(H2,29,30,31,37,38);2*1-2H3;/q-1;;;. The molecule has 2 heterocycles. The minimum Gasteiger partial charge on any atom is -0.524 e. The van der Waals surface area contributed by atoms with Gasteiger partial charge in [0.05, 0.1) is 46.0 Å². The van der Waals surface area contributed by atoms with Crippen LogP contribution >= 0.6 is 0 Å². The van der Waals surface area contributed by atoms with Crippen LogP contribution < -0.4 is 16.2 Å². The first kappa shape index (κ1) is 45.0. The predicted octanol–water partition coefficient (Wildman–Crippen LogP) is 2.01. The Morgan fingerprint density at radius 2 is 1.71 bits per heavy atom. The van der Waals surface area contributed by atoms with Crippen LogP contribution in [0.2, 0.25) is 0 Å². The van der Waals surface area contributed by atoms with Crippen LogP contribution in [0.5, 0.6) is 0 Å². The molecule has 0 radical (unpaired) electrons. The minimum atomic E-state index is -0.844. The van der Waals surface area contributed by atoms with E-state index in [2.05, 4.69) is 25.6 Å². The number of aromatic amines is 1. The van der Waals surface area contributed by atoms with E-state index in [4.69, 9.17) is 23.7 Å². The molecule has 0 saturated heterocycles. The van der Waals surface area contributed by atoms with E-state index in [-0.39, 0.29) is 56.6 Å². The second-order valence-corrected chi connectivity index (χ2v) is 10.2. The van der Waals surface area contributed by atoms with Crippen LogP contribution in [0, 0.1) is 0 Å². The molecule has 280 valence electrons. The van der Waals surface area contributed by atoms with E-state index < -0.39 is 41.7 Å². The molecule has 0 aromatic carbocycles. The van der Waals surface area contributed by atoms with Crippen molar-refractivity contribution in [3.8, 4) is 0 Å². The number of rotatable bonds is 19. The summed E-state index contributed by atoms with van der Waals surface area (Å²) in [5.74, 6) is -1.43. The zero-order valence-electron chi connectivity index (χ0n) is 29.4. The van der Waals surface area contributed by atoms with Crippen molar-refractivity contribution in [2.45, 2.75) is 80.0 Å². The third-order valence-corrected chi connectivity index (χ3v) is 5.37. The average molecular weight is 928 g/mol. The summed E-state index contributed by atoms with van der Waals surface area (Å²) < 4.78 is 27.4. The third-order valence-electron chi connectivity index (χ3n) is 5.37. The van der Waals surface area contributed by atoms with Crippen molar-refractivity contribution in [1.29, 1.82) is 0 Å². The molecule has 18 heteroatoms. The quantitative estimate of drug-likeness (QED) is 0.0802. The first-order chi connectivity index (χ1) is 22.5. The molecular formula is C30H52FmN7O10-. The van der Waals surface area contributed by atoms with Crippen LogP contribution in [0.1, 0.15) is 61.8 Å². The number of fused-ring (bicyclic) bond motifs is 1. The Balaban J connectivity index is 0. The van der Waals surface area contributed by atoms with Gasteiger partial charge in [0.25, 0.3) is 5.56 Å². The summed E-state index contributed by atoms with van der Waals surface area (Å²) in [6.07, 6.45) is 2.57. The number of carbonyl (C=O) groups is 3. The van der Waals surface area contributed by atoms with E-state index in [0.717, 1.165) is 0 Å². The Hall–Kier alpha value is -5.09. The molecule has 0 bridgehead atoms. The summed E-state index contributed by atoms with van der Waals surface area (Å²) in [7, 11) is 1.56. The maximum Gasteiger partial charge on any atom is 0.414 e. The fraction of sp³-hybridized carbons (Fsp3) is 0.700. The normalized spacial score (nSPS) is 11.0. The Morgan fingerprint density at radius 1 is 1.06 bits per heavy atom. The van der Waals surface area contributed by atoms with Gasteiger partial charge >= 0.3 is 12.1 Å². The number of nitrogens with zero attached hydrogens (tertiary/aromatic N) is 4. The second-order valence-electron chi connectivity index (χ2n) is 10.2. The minimum absolute atomic E-state index is 0. The largest absolute Gasteiger partial charge is 0.524 e. The number of esters is 1. The van der Waals surface area contributed by atoms with Crippen molar-refractivity contribution in [1.82, 2.24) is 29.7 Å². The summed E-state index contributed by atoms with van der Waals surface area (Å²) in [4.78, 5) is 73.6. The Morgan fingerprint density at radius 3 is 2.31 bits per heavy atom. The van der Waals surface area contributed by atoms with Crippen molar-refractivity contribution in [2.75, 3.05) is 65.2 Å². The van der Waals surface area contributed by atoms with Gasteiger partial charge in [0, 0.05) is 19.7 Å². The fourth-order valence-corrected chi connectivity index (χ4v) is 3.52. The van der Waals surface area contributed by atoms with Gasteiger partial charge in [0.15, 0.2) is 11.2 Å². The van der Waals surface area contributed by atoms with Crippen molar-refractivity contribution >= 4 is 41.5 Å². The van der Waals surface area contributed by atoms with Crippen molar-refractivity contribution < 1.29 is 42.9 Å². The zero-order chi connectivity index (χ0) is 35.8. The third kappa shape index (κ3) is 17.6. The molecule has 2 rings (SSSR count). The number of imidazole rings is 1. The molecule has 0 aliphatic heterocycles. The number of aromatic nitrogens is 4. The molecule has 2 aromatic rings. The number of H-pyrrole nitrogens is 1. The number of anilines is 1. The maximum absolute atomic E-state index is 13.5. The van der Waals surface area contributed by atoms with Gasteiger partial charge in [-0.05, 0) is 27.2 Å². The molecule has 48 heavy (non-hydrogen) atoms. The van der Waals surface area contributed by atoms with Gasteiger partial charge in [-0.1, -0.05) is 34.6 Å². The van der Waals surface area contributed by atoms with Gasteiger partial charge in [0.2, 0.25) is 11.9 Å². The maximum atomic E-state index is 13.5. The average Bonchev–Trinajstić information content (AvgIpc) is 3.42. The molecule has 0 saturated carbocycles. The van der Waals surface area contributed by atoms with Gasteiger partial charge in [-0.25, -0.2) is 9.78 Å². The second kappa shape index (κ2) is 25.1. The summed E-state index contributed by atoms with van der Waals surface area (Å²) in [6, 6.07) is -0.718. The first-order valence-corrected chi connectivity index (χ1v) is 15.6. The number of nitrogens with one attached hydrogen (secondary N) is 3. The van der Waals surface area contributed by atoms with Crippen LogP contribution in [-0.2, 0) is 44.6 Å². The molecule has 2 aromatic heterocycles. The van der Waals surface area contributed by atoms with E-state index in [1.807, 2.05) is 34.6 Å². The smallest absolute Gasteiger partial charge is 0.414 e. The number of ether oxygens (including phenoxy) is 5. The van der Waals surface area contributed by atoms with Gasteiger partial charge < -0.3 is 43.3 Å². The number of amides is 3. The number of carbonyl (C=O) groups excluding carboxylic acids is 4. The molecule has 17 nitrogen and oxygen atoms in total. The van der Waals surface area contributed by atoms with E-state index in [9.17, 15) is 24.0 Å². The molecule has 0 spiro atoms. The predicted molar refractivity (Wildman–Crippen MR) is 175 cm³/mol. The SMILES string of the molecule is CC.CC.CCCOC(=O)CN(CC(COCCOCCOC)N[C-]=O)C(=O)Cn1cnc2c(=O)[nH]c(NC(=O)OC(C)(C)C)nc21.[Fm]. The number of hydrogen-bond donors (Lipinski definition) is 3. The van der Waals surface area contributed by atoms with E-state index in [1.165, 1.54) is 15.8 Å². The molecule has 0 aliphatic rings. The summed E-state index contributed by atoms with van der Waals surface area (Å²) in [6.45, 7) is 15.5. The fourth-order valence-electron chi connectivity index (χ4n) is 3.52. The number of methoxy groups -OCH3 is 1. The molecule has 3 N–H and O–H groups in total. The van der Waals surface area contributed by atoms with Crippen LogP contribution in [0.4, 0.5) is 10.7 Å². The molecule has 1 unspecified atom stereocenters. The van der Waals surface area contributed by atoms with Gasteiger partial charge in [-0.15, -0.1) is 0 Å². The van der Waals surface area contributed by atoms with Crippen LogP contribution in [0.3, 0.4) is 0 Å². The van der Waals surface area contributed by atoms with Crippen molar-refractivity contribution in [3.63, 3.8) is 0 Å². The molecule has 1 atom stereocenters. The van der Waals surface area contributed by atoms with Crippen LogP contribution in [0.25, 0.3) is 11.2 Å². The van der Waals surface area contributed by atoms with Crippen molar-refractivity contribution in [2.24, 2.45) is 0 Å². The molecule has 3 amide bonds. The zero-order valence-corrected chi connectivity index (χ0v) is 31.8. The van der Waals surface area contributed by atoms with Crippen molar-refractivity contribution in [3.05, 3.63) is 16.7 Å². The summed E-state index contributed by atoms with van der Waals surface area (Å²) in [5, 5.41) is 4.82. The Bertz CT molecular complexity index is 1270. The summed E-state index contributed by atoms with van der Waals surface area (Å²) >= 11 is 0. The topological polar surface area (TPSA) is 205 Å². The van der Waals surface area contributed by atoms with Gasteiger partial charge in [-0.2, -0.15) is 11.4 Å². The molecule has 0 fully saturated rings. The Kier molecular flexibility index (Phi) is 23.5. The Labute approximate surface area is 276 Å².